The molecule has 3 aromatic rings. The quantitative estimate of drug-likeness (QED) is 0.434. The highest BCUT2D eigenvalue weighted by Crippen LogP contribution is 2.33. The first-order valence-electron chi connectivity index (χ1n) is 10.7. The molecule has 34 heavy (non-hydrogen) atoms. The lowest BCUT2D eigenvalue weighted by Gasteiger charge is -2.39. The van der Waals surface area contributed by atoms with Crippen LogP contribution in [0, 0.1) is 5.82 Å². The summed E-state index contributed by atoms with van der Waals surface area (Å²) in [6.07, 6.45) is 5.85. The number of hydrogen-bond donors (Lipinski definition) is 2. The van der Waals surface area contributed by atoms with Crippen molar-refractivity contribution in [3.05, 3.63) is 59.7 Å². The predicted molar refractivity (Wildman–Crippen MR) is 130 cm³/mol. The number of hydrogen-bond acceptors (Lipinski definition) is 7. The van der Waals surface area contributed by atoms with E-state index in [0.717, 1.165) is 13.0 Å². The Morgan fingerprint density at radius 1 is 1.29 bits per heavy atom. The van der Waals surface area contributed by atoms with Gasteiger partial charge in [-0.15, -0.1) is 0 Å². The van der Waals surface area contributed by atoms with Gasteiger partial charge in [0, 0.05) is 49.5 Å². The van der Waals surface area contributed by atoms with E-state index in [-0.39, 0.29) is 10.9 Å². The number of nitrogens with one attached hydrogen (secondary N) is 2. The van der Waals surface area contributed by atoms with E-state index in [0.29, 0.717) is 53.0 Å². The zero-order valence-electron chi connectivity index (χ0n) is 18.8. The fourth-order valence-corrected chi connectivity index (χ4v) is 3.93. The predicted octanol–water partition coefficient (Wildman–Crippen LogP) is 4.39. The van der Waals surface area contributed by atoms with Crippen molar-refractivity contribution in [2.45, 2.75) is 12.5 Å². The van der Waals surface area contributed by atoms with Gasteiger partial charge in [0.25, 0.3) is 0 Å². The van der Waals surface area contributed by atoms with Crippen molar-refractivity contribution in [3.8, 4) is 5.75 Å². The lowest BCUT2D eigenvalue weighted by Crippen LogP contribution is -2.50. The number of carbonyl (C=O) groups is 1. The van der Waals surface area contributed by atoms with Crippen LogP contribution in [0.25, 0.3) is 10.9 Å². The van der Waals surface area contributed by atoms with Crippen LogP contribution in [0.5, 0.6) is 5.75 Å². The SMILES string of the molecule is COCC1CCN1CC=CC(=O)Nc1cc2c(Nc3ccc(F)c(Cl)c3)ncnc2cc1OC. The minimum absolute atomic E-state index is 0.00321. The van der Waals surface area contributed by atoms with Gasteiger partial charge in [0.1, 0.15) is 23.7 Å². The Balaban J connectivity index is 1.52. The van der Waals surface area contributed by atoms with E-state index in [1.165, 1.54) is 31.6 Å². The highest BCUT2D eigenvalue weighted by Gasteiger charge is 2.26. The standard InChI is InChI=1S/C24H25ClFN5O3/c1-33-13-16-7-9-31(16)8-3-4-23(32)30-21-11-17-20(12-22(21)34-2)27-14-28-24(17)29-15-5-6-19(26)18(25)10-15/h3-6,10-12,14,16H,7-9,13H2,1-2H3,(H,30,32)(H,27,28,29). The molecule has 4 rings (SSSR count). The van der Waals surface area contributed by atoms with Crippen LogP contribution in [-0.4, -0.2) is 60.7 Å². The number of anilines is 3. The van der Waals surface area contributed by atoms with Gasteiger partial charge in [0.15, 0.2) is 0 Å². The van der Waals surface area contributed by atoms with Gasteiger partial charge in [-0.2, -0.15) is 0 Å². The molecule has 1 fully saturated rings. The molecule has 0 spiro atoms. The monoisotopic (exact) mass is 485 g/mol. The first-order valence-corrected chi connectivity index (χ1v) is 11.1. The number of methoxy groups -OCH3 is 2. The lowest BCUT2D eigenvalue weighted by molar-refractivity contribution is -0.111. The Bertz CT molecular complexity index is 1220. The molecule has 2 N–H and O–H groups in total. The highest BCUT2D eigenvalue weighted by atomic mass is 35.5. The van der Waals surface area contributed by atoms with Crippen molar-refractivity contribution in [3.63, 3.8) is 0 Å². The number of amides is 1. The van der Waals surface area contributed by atoms with Crippen LogP contribution in [0.2, 0.25) is 5.02 Å². The summed E-state index contributed by atoms with van der Waals surface area (Å²) in [7, 11) is 3.21. The molecule has 2 aromatic carbocycles. The Morgan fingerprint density at radius 2 is 2.15 bits per heavy atom. The number of ether oxygens (including phenoxy) is 2. The zero-order valence-corrected chi connectivity index (χ0v) is 19.6. The number of halogens is 2. The van der Waals surface area contributed by atoms with Gasteiger partial charge in [-0.3, -0.25) is 9.69 Å². The van der Waals surface area contributed by atoms with E-state index in [4.69, 9.17) is 21.1 Å². The number of aromatic nitrogens is 2. The average Bonchev–Trinajstić information content (AvgIpc) is 2.81. The first kappa shape index (κ1) is 23.9. The van der Waals surface area contributed by atoms with Gasteiger partial charge >= 0.3 is 0 Å². The summed E-state index contributed by atoms with van der Waals surface area (Å²) in [4.78, 5) is 23.4. The molecule has 1 aliphatic rings. The van der Waals surface area contributed by atoms with Crippen molar-refractivity contribution in [1.82, 2.24) is 14.9 Å². The summed E-state index contributed by atoms with van der Waals surface area (Å²) in [6, 6.07) is 8.15. The van der Waals surface area contributed by atoms with Gasteiger partial charge in [0.2, 0.25) is 5.91 Å². The molecule has 178 valence electrons. The molecule has 0 radical (unpaired) electrons. The molecule has 1 aliphatic heterocycles. The van der Waals surface area contributed by atoms with Gasteiger partial charge < -0.3 is 20.1 Å². The molecule has 10 heteroatoms. The van der Waals surface area contributed by atoms with Crippen molar-refractivity contribution >= 4 is 45.6 Å². The summed E-state index contributed by atoms with van der Waals surface area (Å²) < 4.78 is 24.2. The Kier molecular flexibility index (Phi) is 7.56. The van der Waals surface area contributed by atoms with Gasteiger partial charge in [-0.05, 0) is 30.7 Å². The van der Waals surface area contributed by atoms with Crippen LogP contribution >= 0.6 is 11.6 Å². The fraction of sp³-hybridized carbons (Fsp3) is 0.292. The van der Waals surface area contributed by atoms with E-state index in [1.807, 2.05) is 6.08 Å². The third kappa shape index (κ3) is 5.44. The minimum Gasteiger partial charge on any atom is -0.494 e. The van der Waals surface area contributed by atoms with Crippen molar-refractivity contribution in [1.29, 1.82) is 0 Å². The molecule has 1 saturated heterocycles. The van der Waals surface area contributed by atoms with E-state index in [2.05, 4.69) is 25.5 Å². The van der Waals surface area contributed by atoms with Crippen molar-refractivity contribution in [2.75, 3.05) is 44.5 Å². The normalized spacial score (nSPS) is 15.9. The third-order valence-corrected chi connectivity index (χ3v) is 5.92. The van der Waals surface area contributed by atoms with Crippen molar-refractivity contribution < 1.29 is 18.7 Å². The molecular formula is C24H25ClFN5O3. The number of rotatable bonds is 9. The number of likely N-dealkylation sites (tertiary alicyclic amines) is 1. The van der Waals surface area contributed by atoms with E-state index >= 15 is 0 Å². The molecule has 1 atom stereocenters. The van der Waals surface area contributed by atoms with Crippen LogP contribution in [0.3, 0.4) is 0 Å². The number of carbonyl (C=O) groups excluding carboxylic acids is 1. The van der Waals surface area contributed by atoms with E-state index in [1.54, 1.807) is 25.3 Å². The summed E-state index contributed by atoms with van der Waals surface area (Å²) >= 11 is 5.89. The van der Waals surface area contributed by atoms with Crippen LogP contribution in [0.1, 0.15) is 6.42 Å². The third-order valence-electron chi connectivity index (χ3n) is 5.63. The fourth-order valence-electron chi connectivity index (χ4n) is 3.75. The van der Waals surface area contributed by atoms with E-state index in [9.17, 15) is 9.18 Å². The molecule has 0 saturated carbocycles. The maximum absolute atomic E-state index is 13.5. The van der Waals surface area contributed by atoms with Gasteiger partial charge in [-0.1, -0.05) is 17.7 Å². The van der Waals surface area contributed by atoms with Crippen LogP contribution in [-0.2, 0) is 9.53 Å². The summed E-state index contributed by atoms with van der Waals surface area (Å²) in [5, 5.41) is 6.62. The second kappa shape index (κ2) is 10.8. The number of benzene rings is 2. The first-order chi connectivity index (χ1) is 16.5. The Morgan fingerprint density at radius 3 is 2.85 bits per heavy atom. The zero-order chi connectivity index (χ0) is 24.1. The Labute approximate surface area is 201 Å². The molecule has 1 aromatic heterocycles. The topological polar surface area (TPSA) is 88.6 Å². The van der Waals surface area contributed by atoms with Gasteiger partial charge in [-0.25, -0.2) is 14.4 Å². The summed E-state index contributed by atoms with van der Waals surface area (Å²) in [6.45, 7) is 2.36. The molecule has 0 bridgehead atoms. The smallest absolute Gasteiger partial charge is 0.248 e. The molecule has 0 aliphatic carbocycles. The maximum Gasteiger partial charge on any atom is 0.248 e. The Hall–Kier alpha value is -3.27. The average molecular weight is 486 g/mol. The molecular weight excluding hydrogens is 461 g/mol. The summed E-state index contributed by atoms with van der Waals surface area (Å²) in [5.74, 6) is 0.152. The number of fused-ring (bicyclic) bond motifs is 1. The second-order valence-corrected chi connectivity index (χ2v) is 8.24. The van der Waals surface area contributed by atoms with Gasteiger partial charge in [0.05, 0.1) is 29.9 Å². The molecule has 2 heterocycles. The van der Waals surface area contributed by atoms with Crippen LogP contribution in [0.15, 0.2) is 48.8 Å². The molecule has 1 amide bonds. The number of nitrogens with zero attached hydrogens (tertiary/aromatic N) is 3. The van der Waals surface area contributed by atoms with Crippen LogP contribution < -0.4 is 15.4 Å². The molecule has 8 nitrogen and oxygen atoms in total. The van der Waals surface area contributed by atoms with Crippen molar-refractivity contribution in [2.24, 2.45) is 0 Å². The molecule has 1 unspecified atom stereocenters. The minimum atomic E-state index is -0.508. The van der Waals surface area contributed by atoms with Crippen LogP contribution in [0.4, 0.5) is 21.6 Å². The largest absolute Gasteiger partial charge is 0.494 e. The van der Waals surface area contributed by atoms with E-state index < -0.39 is 5.82 Å². The highest BCUT2D eigenvalue weighted by molar-refractivity contribution is 6.31. The summed E-state index contributed by atoms with van der Waals surface area (Å²) in [5.41, 5.74) is 1.65. The second-order valence-electron chi connectivity index (χ2n) is 7.83. The maximum atomic E-state index is 13.5. The lowest BCUT2D eigenvalue weighted by atomic mass is 10.0.